The zero-order chi connectivity index (χ0) is 8.97. The summed E-state index contributed by atoms with van der Waals surface area (Å²) in [7, 11) is 0. The van der Waals surface area contributed by atoms with Gasteiger partial charge in [0.2, 0.25) is 0 Å². The second-order valence-corrected chi connectivity index (χ2v) is 3.75. The number of nitrogens with one attached hydrogen (secondary N) is 1. The molecule has 0 aliphatic heterocycles. The van der Waals surface area contributed by atoms with E-state index in [1.165, 1.54) is 9.88 Å². The number of aliphatic imine (C=N–C) groups is 1. The SMILES string of the molecule is CC=Nc1cc(C)sc1NCC. The fraction of sp³-hybridized carbons (Fsp3) is 0.444. The highest BCUT2D eigenvalue weighted by Crippen LogP contribution is 2.34. The first-order valence-electron chi connectivity index (χ1n) is 4.11. The molecule has 0 atom stereocenters. The molecule has 1 N–H and O–H groups in total. The van der Waals surface area contributed by atoms with E-state index in [9.17, 15) is 0 Å². The van der Waals surface area contributed by atoms with Gasteiger partial charge in [0.05, 0.1) is 5.69 Å². The van der Waals surface area contributed by atoms with Gasteiger partial charge in [-0.2, -0.15) is 0 Å². The molecule has 0 unspecified atom stereocenters. The Morgan fingerprint density at radius 3 is 3.00 bits per heavy atom. The van der Waals surface area contributed by atoms with E-state index < -0.39 is 0 Å². The minimum absolute atomic E-state index is 0.951. The molecular formula is C9H14N2S. The van der Waals surface area contributed by atoms with Crippen molar-refractivity contribution in [1.82, 2.24) is 0 Å². The van der Waals surface area contributed by atoms with E-state index in [2.05, 4.69) is 30.2 Å². The summed E-state index contributed by atoms with van der Waals surface area (Å²) in [5.41, 5.74) is 1.06. The van der Waals surface area contributed by atoms with Crippen LogP contribution in [0.2, 0.25) is 0 Å². The number of hydrogen-bond acceptors (Lipinski definition) is 3. The van der Waals surface area contributed by atoms with Crippen molar-refractivity contribution in [2.75, 3.05) is 11.9 Å². The van der Waals surface area contributed by atoms with Crippen LogP contribution < -0.4 is 5.32 Å². The smallest absolute Gasteiger partial charge is 0.115 e. The second-order valence-electron chi connectivity index (χ2n) is 2.49. The summed E-state index contributed by atoms with van der Waals surface area (Å²) < 4.78 is 0. The standard InChI is InChI=1S/C9H14N2S/c1-4-10-8-6-7(3)12-9(8)11-5-2/h4,6,11H,5H2,1-3H3. The lowest BCUT2D eigenvalue weighted by molar-refractivity contribution is 1.22. The normalized spacial score (nSPS) is 10.9. The predicted molar refractivity (Wildman–Crippen MR) is 57.0 cm³/mol. The van der Waals surface area contributed by atoms with Gasteiger partial charge in [-0.1, -0.05) is 0 Å². The van der Waals surface area contributed by atoms with E-state index >= 15 is 0 Å². The van der Waals surface area contributed by atoms with Gasteiger partial charge in [0.15, 0.2) is 0 Å². The lowest BCUT2D eigenvalue weighted by atomic mass is 10.4. The van der Waals surface area contributed by atoms with Crippen LogP contribution >= 0.6 is 11.3 Å². The number of hydrogen-bond donors (Lipinski definition) is 1. The summed E-state index contributed by atoms with van der Waals surface area (Å²) in [6, 6.07) is 2.10. The largest absolute Gasteiger partial charge is 0.375 e. The third-order valence-corrected chi connectivity index (χ3v) is 2.44. The van der Waals surface area contributed by atoms with E-state index in [1.54, 1.807) is 11.3 Å². The van der Waals surface area contributed by atoms with Crippen LogP contribution in [0.3, 0.4) is 0 Å². The fourth-order valence-corrected chi connectivity index (χ4v) is 1.95. The lowest BCUT2D eigenvalue weighted by Gasteiger charge is -1.98. The van der Waals surface area contributed by atoms with Crippen molar-refractivity contribution < 1.29 is 0 Å². The minimum atomic E-state index is 0.951. The molecule has 3 heteroatoms. The van der Waals surface area contributed by atoms with Crippen LogP contribution in [0.25, 0.3) is 0 Å². The Labute approximate surface area is 77.3 Å². The predicted octanol–water partition coefficient (Wildman–Crippen LogP) is 3.21. The van der Waals surface area contributed by atoms with Gasteiger partial charge in [-0.3, -0.25) is 4.99 Å². The molecular weight excluding hydrogens is 168 g/mol. The van der Waals surface area contributed by atoms with Crippen molar-refractivity contribution in [1.29, 1.82) is 0 Å². The molecule has 1 rings (SSSR count). The highest BCUT2D eigenvalue weighted by molar-refractivity contribution is 7.16. The molecule has 0 saturated heterocycles. The first-order chi connectivity index (χ1) is 5.77. The molecule has 1 aromatic heterocycles. The highest BCUT2D eigenvalue weighted by atomic mass is 32.1. The van der Waals surface area contributed by atoms with E-state index in [1.807, 2.05) is 13.1 Å². The van der Waals surface area contributed by atoms with Crippen molar-refractivity contribution in [2.45, 2.75) is 20.8 Å². The maximum absolute atomic E-state index is 4.27. The van der Waals surface area contributed by atoms with Gasteiger partial charge in [0.25, 0.3) is 0 Å². The van der Waals surface area contributed by atoms with E-state index in [0.717, 1.165) is 12.2 Å². The van der Waals surface area contributed by atoms with Gasteiger partial charge in [-0.05, 0) is 26.8 Å². The summed E-state index contributed by atoms with van der Waals surface area (Å²) in [6.45, 7) is 7.07. The summed E-state index contributed by atoms with van der Waals surface area (Å²) in [6.07, 6.45) is 1.82. The Kier molecular flexibility index (Phi) is 3.29. The molecule has 0 radical (unpaired) electrons. The maximum atomic E-state index is 4.27. The summed E-state index contributed by atoms with van der Waals surface area (Å²) in [5.74, 6) is 0. The molecule has 0 aliphatic carbocycles. The van der Waals surface area contributed by atoms with Gasteiger partial charge in [-0.25, -0.2) is 0 Å². The molecule has 0 aromatic carbocycles. The molecule has 0 saturated carbocycles. The number of nitrogens with zero attached hydrogens (tertiary/aromatic N) is 1. The molecule has 1 heterocycles. The van der Waals surface area contributed by atoms with Gasteiger partial charge in [-0.15, -0.1) is 11.3 Å². The van der Waals surface area contributed by atoms with Crippen LogP contribution in [0.4, 0.5) is 10.7 Å². The average Bonchev–Trinajstić information content (AvgIpc) is 2.33. The first-order valence-corrected chi connectivity index (χ1v) is 4.92. The third kappa shape index (κ3) is 2.08. The van der Waals surface area contributed by atoms with Crippen molar-refractivity contribution >= 4 is 28.2 Å². The first kappa shape index (κ1) is 9.26. The Balaban J connectivity index is 2.91. The molecule has 0 amide bonds. The van der Waals surface area contributed by atoms with E-state index in [4.69, 9.17) is 0 Å². The van der Waals surface area contributed by atoms with Gasteiger partial charge in [0, 0.05) is 17.6 Å². The Morgan fingerprint density at radius 1 is 1.67 bits per heavy atom. The van der Waals surface area contributed by atoms with E-state index in [0.29, 0.717) is 0 Å². The molecule has 12 heavy (non-hydrogen) atoms. The number of anilines is 1. The van der Waals surface area contributed by atoms with Crippen LogP contribution in [0.1, 0.15) is 18.7 Å². The van der Waals surface area contributed by atoms with E-state index in [-0.39, 0.29) is 0 Å². The van der Waals surface area contributed by atoms with Crippen molar-refractivity contribution in [3.8, 4) is 0 Å². The van der Waals surface area contributed by atoms with Crippen LogP contribution in [0.5, 0.6) is 0 Å². The van der Waals surface area contributed by atoms with Crippen molar-refractivity contribution in [2.24, 2.45) is 4.99 Å². The van der Waals surface area contributed by atoms with Crippen molar-refractivity contribution in [3.05, 3.63) is 10.9 Å². The van der Waals surface area contributed by atoms with Gasteiger partial charge >= 0.3 is 0 Å². The molecule has 0 bridgehead atoms. The summed E-state index contributed by atoms with van der Waals surface area (Å²) in [4.78, 5) is 5.57. The zero-order valence-electron chi connectivity index (χ0n) is 7.72. The molecule has 2 nitrogen and oxygen atoms in total. The Morgan fingerprint density at radius 2 is 2.42 bits per heavy atom. The molecule has 0 spiro atoms. The Bertz CT molecular complexity index is 276. The van der Waals surface area contributed by atoms with Crippen LogP contribution in [-0.2, 0) is 0 Å². The summed E-state index contributed by atoms with van der Waals surface area (Å²) >= 11 is 1.75. The zero-order valence-corrected chi connectivity index (χ0v) is 8.53. The van der Waals surface area contributed by atoms with Crippen LogP contribution in [0, 0.1) is 6.92 Å². The maximum Gasteiger partial charge on any atom is 0.115 e. The molecule has 66 valence electrons. The molecule has 1 aromatic rings. The minimum Gasteiger partial charge on any atom is -0.375 e. The van der Waals surface area contributed by atoms with Crippen LogP contribution in [0.15, 0.2) is 11.1 Å². The quantitative estimate of drug-likeness (QED) is 0.713. The van der Waals surface area contributed by atoms with Gasteiger partial charge in [0.1, 0.15) is 5.00 Å². The number of rotatable bonds is 3. The topological polar surface area (TPSA) is 24.4 Å². The lowest BCUT2D eigenvalue weighted by Crippen LogP contribution is -1.93. The second kappa shape index (κ2) is 4.26. The molecule has 0 aliphatic rings. The van der Waals surface area contributed by atoms with Crippen LogP contribution in [-0.4, -0.2) is 12.8 Å². The number of thiophene rings is 1. The third-order valence-electron chi connectivity index (χ3n) is 1.44. The average molecular weight is 182 g/mol. The fourth-order valence-electron chi connectivity index (χ4n) is 1.02. The number of aryl methyl sites for hydroxylation is 1. The highest BCUT2D eigenvalue weighted by Gasteiger charge is 2.02. The monoisotopic (exact) mass is 182 g/mol. The molecule has 0 fully saturated rings. The summed E-state index contributed by atoms with van der Waals surface area (Å²) in [5, 5.41) is 4.46. The van der Waals surface area contributed by atoms with Crippen molar-refractivity contribution in [3.63, 3.8) is 0 Å². The Hall–Kier alpha value is -0.830. The van der Waals surface area contributed by atoms with Gasteiger partial charge < -0.3 is 5.32 Å².